The molecule has 0 aliphatic carbocycles. The summed E-state index contributed by atoms with van der Waals surface area (Å²) in [6.07, 6.45) is 9.23. The summed E-state index contributed by atoms with van der Waals surface area (Å²) in [6.45, 7) is 13.6. The molecular weight excluding hydrogens is 168 g/mol. The van der Waals surface area contributed by atoms with Gasteiger partial charge in [-0.3, -0.25) is 0 Å². The molecule has 0 heteroatoms. The molecule has 0 spiro atoms. The number of hydrogen-bond acceptors (Lipinski definition) is 0. The van der Waals surface area contributed by atoms with Gasteiger partial charge in [0.05, 0.1) is 0 Å². The Morgan fingerprint density at radius 3 is 2.21 bits per heavy atom. The first kappa shape index (κ1) is 13.5. The van der Waals surface area contributed by atoms with E-state index in [4.69, 9.17) is 0 Å². The van der Waals surface area contributed by atoms with Crippen LogP contribution in [0.25, 0.3) is 0 Å². The predicted octanol–water partition coefficient (Wildman–Crippen LogP) is 4.97. The van der Waals surface area contributed by atoms with Crippen molar-refractivity contribution in [2.24, 2.45) is 11.3 Å². The molecule has 1 atom stereocenters. The molecule has 0 aromatic carbocycles. The zero-order valence-electron chi connectivity index (χ0n) is 10.7. The Kier molecular flexibility index (Phi) is 5.83. The number of allylic oxidation sites excluding steroid dienone is 4. The van der Waals surface area contributed by atoms with Crippen LogP contribution in [0.5, 0.6) is 0 Å². The lowest BCUT2D eigenvalue weighted by molar-refractivity contribution is 0.341. The van der Waals surface area contributed by atoms with E-state index in [0.717, 1.165) is 12.8 Å². The lowest BCUT2D eigenvalue weighted by atomic mass is 9.74. The van der Waals surface area contributed by atoms with Gasteiger partial charge in [-0.15, -0.1) is 0 Å². The second-order valence-corrected chi connectivity index (χ2v) is 4.64. The molecule has 0 nitrogen and oxygen atoms in total. The Balaban J connectivity index is 4.59. The Hall–Kier alpha value is -0.520. The molecule has 0 saturated heterocycles. The maximum absolute atomic E-state index is 2.34. The Labute approximate surface area is 90.1 Å². The van der Waals surface area contributed by atoms with E-state index < -0.39 is 0 Å². The third-order valence-electron chi connectivity index (χ3n) is 3.33. The van der Waals surface area contributed by atoms with Crippen molar-refractivity contribution >= 4 is 0 Å². The van der Waals surface area contributed by atoms with Crippen molar-refractivity contribution in [3.8, 4) is 0 Å². The van der Waals surface area contributed by atoms with Crippen LogP contribution in [0.3, 0.4) is 0 Å². The normalized spacial score (nSPS) is 16.3. The van der Waals surface area contributed by atoms with Crippen molar-refractivity contribution < 1.29 is 0 Å². The van der Waals surface area contributed by atoms with E-state index in [1.807, 2.05) is 0 Å². The van der Waals surface area contributed by atoms with Crippen LogP contribution < -0.4 is 0 Å². The lowest BCUT2D eigenvalue weighted by Crippen LogP contribution is -2.21. The second-order valence-electron chi connectivity index (χ2n) is 4.64. The van der Waals surface area contributed by atoms with Crippen LogP contribution in [-0.2, 0) is 0 Å². The summed E-state index contributed by atoms with van der Waals surface area (Å²) in [5.74, 6) is 0.616. The van der Waals surface area contributed by atoms with E-state index in [1.54, 1.807) is 0 Å². The quantitative estimate of drug-likeness (QED) is 0.542. The van der Waals surface area contributed by atoms with Crippen LogP contribution in [0.15, 0.2) is 23.8 Å². The van der Waals surface area contributed by atoms with Crippen molar-refractivity contribution in [2.75, 3.05) is 0 Å². The van der Waals surface area contributed by atoms with E-state index in [1.165, 1.54) is 5.57 Å². The molecule has 0 heterocycles. The molecular formula is C14H26. The third-order valence-corrected chi connectivity index (χ3v) is 3.33. The van der Waals surface area contributed by atoms with Gasteiger partial charge in [0.1, 0.15) is 0 Å². The second kappa shape index (κ2) is 6.06. The summed E-state index contributed by atoms with van der Waals surface area (Å²) in [4.78, 5) is 0. The largest absolute Gasteiger partial charge is 0.0885 e. The van der Waals surface area contributed by atoms with Crippen LogP contribution in [0.1, 0.15) is 54.4 Å². The molecule has 0 N–H and O–H groups in total. The predicted molar refractivity (Wildman–Crippen MR) is 66.4 cm³/mol. The summed E-state index contributed by atoms with van der Waals surface area (Å²) in [5, 5.41) is 0. The van der Waals surface area contributed by atoms with Crippen molar-refractivity contribution in [3.63, 3.8) is 0 Å². The van der Waals surface area contributed by atoms with Crippen LogP contribution in [0, 0.1) is 11.3 Å². The van der Waals surface area contributed by atoms with E-state index in [9.17, 15) is 0 Å². The summed E-state index contributed by atoms with van der Waals surface area (Å²) < 4.78 is 0. The smallest absolute Gasteiger partial charge is 0.00874 e. The van der Waals surface area contributed by atoms with Gasteiger partial charge in [-0.25, -0.2) is 0 Å². The molecule has 14 heavy (non-hydrogen) atoms. The highest BCUT2D eigenvalue weighted by atomic mass is 14.3. The first-order chi connectivity index (χ1) is 6.46. The third kappa shape index (κ3) is 3.69. The summed E-state index contributed by atoms with van der Waals surface area (Å²) in [6, 6.07) is 0. The molecule has 0 saturated carbocycles. The van der Waals surface area contributed by atoms with Gasteiger partial charge in [-0.1, -0.05) is 58.4 Å². The summed E-state index contributed by atoms with van der Waals surface area (Å²) in [5.41, 5.74) is 1.80. The molecule has 1 unspecified atom stereocenters. The summed E-state index contributed by atoms with van der Waals surface area (Å²) >= 11 is 0. The molecule has 0 fully saturated rings. The Bertz CT molecular complexity index is 206. The minimum atomic E-state index is 0.293. The van der Waals surface area contributed by atoms with E-state index in [0.29, 0.717) is 11.3 Å². The van der Waals surface area contributed by atoms with Crippen LogP contribution in [0.2, 0.25) is 0 Å². The molecule has 0 bridgehead atoms. The summed E-state index contributed by atoms with van der Waals surface area (Å²) in [7, 11) is 0. The zero-order valence-corrected chi connectivity index (χ0v) is 10.7. The van der Waals surface area contributed by atoms with Gasteiger partial charge in [-0.05, 0) is 31.1 Å². The van der Waals surface area contributed by atoms with Gasteiger partial charge >= 0.3 is 0 Å². The maximum Gasteiger partial charge on any atom is -0.00874 e. The highest BCUT2D eigenvalue weighted by molar-refractivity contribution is 5.13. The molecule has 0 aromatic heterocycles. The van der Waals surface area contributed by atoms with Gasteiger partial charge in [0.25, 0.3) is 0 Å². The minimum Gasteiger partial charge on any atom is -0.0885 e. The lowest BCUT2D eigenvalue weighted by Gasteiger charge is -2.31. The highest BCUT2D eigenvalue weighted by Crippen LogP contribution is 2.35. The molecule has 0 radical (unpaired) electrons. The fraction of sp³-hybridized carbons (Fsp3) is 0.714. The Morgan fingerprint density at radius 2 is 1.79 bits per heavy atom. The molecule has 82 valence electrons. The van der Waals surface area contributed by atoms with Gasteiger partial charge < -0.3 is 0 Å². The fourth-order valence-corrected chi connectivity index (χ4v) is 1.51. The van der Waals surface area contributed by atoms with E-state index in [-0.39, 0.29) is 0 Å². The first-order valence-electron chi connectivity index (χ1n) is 5.80. The SMILES string of the molecule is CC/C=C/C(C)C(C)(C)/C(C)=C/CC. The van der Waals surface area contributed by atoms with Gasteiger partial charge in [-0.2, -0.15) is 0 Å². The zero-order chi connectivity index (χ0) is 11.2. The standard InChI is InChI=1S/C14H26/c1-7-9-11-13(4)14(5,6)12(3)10-8-2/h9-11,13H,7-8H2,1-6H3/b11-9+,12-10+. The fourth-order valence-electron chi connectivity index (χ4n) is 1.51. The van der Waals surface area contributed by atoms with Crippen molar-refractivity contribution in [3.05, 3.63) is 23.8 Å². The number of hydrogen-bond donors (Lipinski definition) is 0. The molecule has 0 rings (SSSR count). The van der Waals surface area contributed by atoms with Crippen molar-refractivity contribution in [2.45, 2.75) is 54.4 Å². The Morgan fingerprint density at radius 1 is 1.21 bits per heavy atom. The van der Waals surface area contributed by atoms with Gasteiger partial charge in [0.15, 0.2) is 0 Å². The first-order valence-corrected chi connectivity index (χ1v) is 5.80. The maximum atomic E-state index is 2.34. The van der Waals surface area contributed by atoms with E-state index in [2.05, 4.69) is 59.8 Å². The molecule has 0 aliphatic heterocycles. The van der Waals surface area contributed by atoms with Crippen LogP contribution in [-0.4, -0.2) is 0 Å². The van der Waals surface area contributed by atoms with Crippen molar-refractivity contribution in [1.82, 2.24) is 0 Å². The number of rotatable bonds is 5. The van der Waals surface area contributed by atoms with Gasteiger partial charge in [0, 0.05) is 0 Å². The van der Waals surface area contributed by atoms with Crippen LogP contribution in [0.4, 0.5) is 0 Å². The topological polar surface area (TPSA) is 0 Å². The minimum absolute atomic E-state index is 0.293. The van der Waals surface area contributed by atoms with Crippen LogP contribution >= 0.6 is 0 Å². The van der Waals surface area contributed by atoms with Gasteiger partial charge in [0.2, 0.25) is 0 Å². The molecule has 0 aliphatic rings. The molecule has 0 aromatic rings. The molecule has 0 amide bonds. The van der Waals surface area contributed by atoms with Crippen molar-refractivity contribution in [1.29, 1.82) is 0 Å². The average molecular weight is 194 g/mol. The average Bonchev–Trinajstić information content (AvgIpc) is 2.14. The monoisotopic (exact) mass is 194 g/mol. The highest BCUT2D eigenvalue weighted by Gasteiger charge is 2.25. The van der Waals surface area contributed by atoms with E-state index >= 15 is 0 Å².